The number of hydrogen-bond acceptors (Lipinski definition) is 5. The van der Waals surface area contributed by atoms with E-state index in [1.165, 1.54) is 25.7 Å². The summed E-state index contributed by atoms with van der Waals surface area (Å²) in [5.74, 6) is 0.406. The maximum Gasteiger partial charge on any atom is 0.312 e. The zero-order valence-corrected chi connectivity index (χ0v) is 15.2. The molecule has 0 spiro atoms. The van der Waals surface area contributed by atoms with E-state index in [1.54, 1.807) is 0 Å². The van der Waals surface area contributed by atoms with E-state index in [4.69, 9.17) is 0 Å². The summed E-state index contributed by atoms with van der Waals surface area (Å²) in [6.07, 6.45) is 5.06. The van der Waals surface area contributed by atoms with Gasteiger partial charge in [-0.15, -0.1) is 0 Å². The standard InChI is InChI=1S/C19H28N4O2/c1-13-7-14(2)21-17(20-13)10-22-8-15-9-23(16-5-3-4-6-16)12-19(15,11-22)18(24)25/h7,15-16H,3-6,8-12H2,1-2H3,(H,24,25)/t15-,19-/m1/s1. The van der Waals surface area contributed by atoms with Crippen LogP contribution >= 0.6 is 0 Å². The minimum Gasteiger partial charge on any atom is -0.481 e. The lowest BCUT2D eigenvalue weighted by atomic mass is 9.81. The van der Waals surface area contributed by atoms with Gasteiger partial charge >= 0.3 is 5.97 Å². The van der Waals surface area contributed by atoms with Gasteiger partial charge in [0.15, 0.2) is 0 Å². The first-order valence-electron chi connectivity index (χ1n) is 9.47. The first-order chi connectivity index (χ1) is 12.0. The van der Waals surface area contributed by atoms with E-state index in [0.29, 0.717) is 25.7 Å². The van der Waals surface area contributed by atoms with Gasteiger partial charge in [0.05, 0.1) is 12.0 Å². The van der Waals surface area contributed by atoms with Crippen molar-refractivity contribution in [2.75, 3.05) is 26.2 Å². The lowest BCUT2D eigenvalue weighted by Gasteiger charge is -2.28. The molecule has 0 unspecified atom stereocenters. The van der Waals surface area contributed by atoms with Crippen molar-refractivity contribution in [3.8, 4) is 0 Å². The summed E-state index contributed by atoms with van der Waals surface area (Å²) < 4.78 is 0. The predicted molar refractivity (Wildman–Crippen MR) is 94.2 cm³/mol. The minimum atomic E-state index is -0.623. The Balaban J connectivity index is 1.48. The van der Waals surface area contributed by atoms with Crippen LogP contribution in [0.25, 0.3) is 0 Å². The van der Waals surface area contributed by atoms with E-state index in [-0.39, 0.29) is 5.92 Å². The van der Waals surface area contributed by atoms with E-state index in [0.717, 1.165) is 30.3 Å². The number of rotatable bonds is 4. The molecule has 0 bridgehead atoms. The molecule has 3 heterocycles. The molecular formula is C19H28N4O2. The Morgan fingerprint density at radius 3 is 2.48 bits per heavy atom. The molecule has 0 radical (unpaired) electrons. The highest BCUT2D eigenvalue weighted by Gasteiger charge is 2.58. The van der Waals surface area contributed by atoms with Gasteiger partial charge in [-0.1, -0.05) is 12.8 Å². The number of aryl methyl sites for hydroxylation is 2. The van der Waals surface area contributed by atoms with Crippen LogP contribution in [0.1, 0.15) is 42.9 Å². The SMILES string of the molecule is Cc1cc(C)nc(CN2C[C@@H]3CN(C4CCCC4)C[C@]3(C(=O)O)C2)n1. The lowest BCUT2D eigenvalue weighted by Crippen LogP contribution is -2.42. The summed E-state index contributed by atoms with van der Waals surface area (Å²) in [6.45, 7) is 7.71. The molecule has 1 N–H and O–H groups in total. The van der Waals surface area contributed by atoms with Crippen LogP contribution in [-0.2, 0) is 11.3 Å². The quantitative estimate of drug-likeness (QED) is 0.899. The average Bonchev–Trinajstić information content (AvgIpc) is 3.18. The first-order valence-corrected chi connectivity index (χ1v) is 9.47. The van der Waals surface area contributed by atoms with Gasteiger partial charge in [0, 0.05) is 49.5 Å². The van der Waals surface area contributed by atoms with Gasteiger partial charge in [-0.3, -0.25) is 14.6 Å². The largest absolute Gasteiger partial charge is 0.481 e. The molecule has 25 heavy (non-hydrogen) atoms. The third kappa shape index (κ3) is 3.06. The Kier molecular flexibility index (Phi) is 4.28. The van der Waals surface area contributed by atoms with E-state index in [1.807, 2.05) is 19.9 Å². The third-order valence-corrected chi connectivity index (χ3v) is 6.37. The van der Waals surface area contributed by atoms with E-state index in [9.17, 15) is 9.90 Å². The van der Waals surface area contributed by atoms with Crippen molar-refractivity contribution in [2.24, 2.45) is 11.3 Å². The number of fused-ring (bicyclic) bond motifs is 1. The van der Waals surface area contributed by atoms with Crippen LogP contribution < -0.4 is 0 Å². The van der Waals surface area contributed by atoms with Gasteiger partial charge in [-0.25, -0.2) is 9.97 Å². The van der Waals surface area contributed by atoms with Crippen LogP contribution in [-0.4, -0.2) is 63.1 Å². The topological polar surface area (TPSA) is 69.6 Å². The Morgan fingerprint density at radius 1 is 1.20 bits per heavy atom. The van der Waals surface area contributed by atoms with Crippen LogP contribution in [0.4, 0.5) is 0 Å². The highest BCUT2D eigenvalue weighted by molar-refractivity contribution is 5.77. The van der Waals surface area contributed by atoms with Crippen molar-refractivity contribution in [3.63, 3.8) is 0 Å². The molecular weight excluding hydrogens is 316 g/mol. The number of hydrogen-bond donors (Lipinski definition) is 1. The zero-order chi connectivity index (χ0) is 17.6. The maximum atomic E-state index is 12.2. The van der Waals surface area contributed by atoms with Gasteiger partial charge < -0.3 is 5.11 Å². The molecule has 1 aromatic heterocycles. The van der Waals surface area contributed by atoms with Crippen molar-refractivity contribution >= 4 is 5.97 Å². The molecule has 0 aromatic carbocycles. The second-order valence-corrected chi connectivity index (χ2v) is 8.26. The molecule has 0 amide bonds. The van der Waals surface area contributed by atoms with Gasteiger partial charge in [-0.05, 0) is 32.8 Å². The molecule has 6 heteroatoms. The normalized spacial score (nSPS) is 30.9. The highest BCUT2D eigenvalue weighted by Crippen LogP contribution is 2.45. The van der Waals surface area contributed by atoms with E-state index in [2.05, 4.69) is 19.8 Å². The molecule has 1 saturated carbocycles. The first kappa shape index (κ1) is 16.9. The number of carboxylic acid groups (broad SMARTS) is 1. The minimum absolute atomic E-state index is 0.219. The summed E-state index contributed by atoms with van der Waals surface area (Å²) in [4.78, 5) is 26.0. The fourth-order valence-electron chi connectivity index (χ4n) is 5.25. The molecule has 136 valence electrons. The Bertz CT molecular complexity index is 653. The van der Waals surface area contributed by atoms with Crippen molar-refractivity contribution in [3.05, 3.63) is 23.3 Å². The van der Waals surface area contributed by atoms with Crippen molar-refractivity contribution in [1.29, 1.82) is 0 Å². The summed E-state index contributed by atoms with van der Waals surface area (Å²) in [5.41, 5.74) is 1.34. The van der Waals surface area contributed by atoms with Gasteiger partial charge in [0.2, 0.25) is 0 Å². The number of carboxylic acids is 1. The van der Waals surface area contributed by atoms with Gasteiger partial charge in [-0.2, -0.15) is 0 Å². The second kappa shape index (κ2) is 6.32. The van der Waals surface area contributed by atoms with E-state index >= 15 is 0 Å². The van der Waals surface area contributed by atoms with Crippen LogP contribution in [0.5, 0.6) is 0 Å². The summed E-state index contributed by atoms with van der Waals surface area (Å²) in [6, 6.07) is 2.58. The monoisotopic (exact) mass is 344 g/mol. The van der Waals surface area contributed by atoms with E-state index < -0.39 is 11.4 Å². The lowest BCUT2D eigenvalue weighted by molar-refractivity contribution is -0.149. The Morgan fingerprint density at radius 2 is 1.88 bits per heavy atom. The Hall–Kier alpha value is -1.53. The van der Waals surface area contributed by atoms with Crippen LogP contribution in [0, 0.1) is 25.2 Å². The maximum absolute atomic E-state index is 12.2. The molecule has 4 rings (SSSR count). The Labute approximate surface area is 149 Å². The number of likely N-dealkylation sites (tertiary alicyclic amines) is 2. The smallest absolute Gasteiger partial charge is 0.312 e. The second-order valence-electron chi connectivity index (χ2n) is 8.26. The van der Waals surface area contributed by atoms with Gasteiger partial charge in [0.25, 0.3) is 0 Å². The predicted octanol–water partition coefficient (Wildman–Crippen LogP) is 1.85. The molecule has 1 aliphatic carbocycles. The van der Waals surface area contributed by atoms with Crippen molar-refractivity contribution in [1.82, 2.24) is 19.8 Å². The molecule has 6 nitrogen and oxygen atoms in total. The van der Waals surface area contributed by atoms with Crippen molar-refractivity contribution < 1.29 is 9.90 Å². The summed E-state index contributed by atoms with van der Waals surface area (Å²) in [5, 5.41) is 10.0. The van der Waals surface area contributed by atoms with Crippen LogP contribution in [0.15, 0.2) is 6.07 Å². The molecule has 2 aliphatic heterocycles. The molecule has 3 aliphatic rings. The zero-order valence-electron chi connectivity index (χ0n) is 15.2. The van der Waals surface area contributed by atoms with Gasteiger partial charge in [0.1, 0.15) is 5.82 Å². The number of aliphatic carboxylic acids is 1. The molecule has 2 atom stereocenters. The number of carbonyl (C=O) groups is 1. The average molecular weight is 344 g/mol. The molecule has 1 aromatic rings. The number of aromatic nitrogens is 2. The highest BCUT2D eigenvalue weighted by atomic mass is 16.4. The molecule has 3 fully saturated rings. The van der Waals surface area contributed by atoms with Crippen molar-refractivity contribution in [2.45, 2.75) is 52.1 Å². The fourth-order valence-corrected chi connectivity index (χ4v) is 5.25. The summed E-state index contributed by atoms with van der Waals surface area (Å²) in [7, 11) is 0. The van der Waals surface area contributed by atoms with Crippen LogP contribution in [0.2, 0.25) is 0 Å². The fraction of sp³-hybridized carbons (Fsp3) is 0.737. The number of nitrogens with zero attached hydrogens (tertiary/aromatic N) is 4. The van der Waals surface area contributed by atoms with Crippen LogP contribution in [0.3, 0.4) is 0 Å². The summed E-state index contributed by atoms with van der Waals surface area (Å²) >= 11 is 0. The molecule has 2 saturated heterocycles. The third-order valence-electron chi connectivity index (χ3n) is 6.37.